The lowest BCUT2D eigenvalue weighted by molar-refractivity contribution is 0.315. The molecule has 2 N–H and O–H groups in total. The Morgan fingerprint density at radius 1 is 1.11 bits per heavy atom. The first kappa shape index (κ1) is 13.1. The highest BCUT2D eigenvalue weighted by molar-refractivity contribution is 9.10. The molecule has 0 unspecified atom stereocenters. The lowest BCUT2D eigenvalue weighted by Gasteiger charge is -2.16. The molecule has 0 saturated carbocycles. The van der Waals surface area contributed by atoms with Gasteiger partial charge in [0.25, 0.3) is 0 Å². The van der Waals surface area contributed by atoms with Crippen LogP contribution in [0.25, 0.3) is 0 Å². The maximum absolute atomic E-state index is 5.61. The van der Waals surface area contributed by atoms with Gasteiger partial charge in [0.1, 0.15) is 0 Å². The van der Waals surface area contributed by atoms with Gasteiger partial charge >= 0.3 is 0 Å². The summed E-state index contributed by atoms with van der Waals surface area (Å²) in [5.41, 5.74) is 8.64. The van der Waals surface area contributed by atoms with E-state index in [0.717, 1.165) is 23.3 Å². The van der Waals surface area contributed by atoms with Crippen molar-refractivity contribution in [2.45, 2.75) is 13.1 Å². The predicted octanol–water partition coefficient (Wildman–Crippen LogP) is 3.06. The van der Waals surface area contributed by atoms with Gasteiger partial charge in [0.2, 0.25) is 0 Å². The molecule has 0 atom stereocenters. The van der Waals surface area contributed by atoms with E-state index in [0.29, 0.717) is 5.69 Å². The largest absolute Gasteiger partial charge is 0.397 e. The number of anilines is 1. The Morgan fingerprint density at radius 3 is 2.44 bits per heavy atom. The van der Waals surface area contributed by atoms with Crippen LogP contribution in [-0.2, 0) is 13.1 Å². The van der Waals surface area contributed by atoms with Crippen LogP contribution in [0.4, 0.5) is 5.69 Å². The van der Waals surface area contributed by atoms with E-state index >= 15 is 0 Å². The molecule has 2 rings (SSSR count). The van der Waals surface area contributed by atoms with Crippen LogP contribution in [0.5, 0.6) is 0 Å². The molecule has 3 nitrogen and oxygen atoms in total. The summed E-state index contributed by atoms with van der Waals surface area (Å²) < 4.78 is 1.11. The van der Waals surface area contributed by atoms with Crippen molar-refractivity contribution in [3.63, 3.8) is 0 Å². The summed E-state index contributed by atoms with van der Waals surface area (Å²) in [6, 6.07) is 12.2. The standard InChI is InChI=1S/C14H16BrN3/c1-18(9-11-2-4-12(15)5-3-11)10-14-7-6-13(16)8-17-14/h2-8H,9-10,16H2,1H3. The number of benzene rings is 1. The van der Waals surface area contributed by atoms with Gasteiger partial charge < -0.3 is 5.73 Å². The molecule has 18 heavy (non-hydrogen) atoms. The zero-order valence-corrected chi connectivity index (χ0v) is 11.9. The summed E-state index contributed by atoms with van der Waals surface area (Å²) in [6.07, 6.45) is 1.70. The van der Waals surface area contributed by atoms with E-state index in [1.165, 1.54) is 5.56 Å². The molecule has 0 amide bonds. The first-order chi connectivity index (χ1) is 8.63. The topological polar surface area (TPSA) is 42.1 Å². The van der Waals surface area contributed by atoms with Crippen LogP contribution in [0, 0.1) is 0 Å². The Morgan fingerprint density at radius 2 is 1.83 bits per heavy atom. The van der Waals surface area contributed by atoms with Crippen LogP contribution in [0.2, 0.25) is 0 Å². The first-order valence-corrected chi connectivity index (χ1v) is 6.56. The van der Waals surface area contributed by atoms with Crippen LogP contribution >= 0.6 is 15.9 Å². The van der Waals surface area contributed by atoms with E-state index in [1.54, 1.807) is 6.20 Å². The number of pyridine rings is 1. The minimum absolute atomic E-state index is 0.703. The molecule has 0 aliphatic heterocycles. The third-order valence-corrected chi connectivity index (χ3v) is 3.17. The molecule has 0 spiro atoms. The van der Waals surface area contributed by atoms with Crippen molar-refractivity contribution in [2.75, 3.05) is 12.8 Å². The van der Waals surface area contributed by atoms with E-state index in [-0.39, 0.29) is 0 Å². The average molecular weight is 306 g/mol. The van der Waals surface area contributed by atoms with Gasteiger partial charge in [-0.3, -0.25) is 9.88 Å². The second kappa shape index (κ2) is 5.98. The van der Waals surface area contributed by atoms with E-state index in [9.17, 15) is 0 Å². The van der Waals surface area contributed by atoms with Gasteiger partial charge in [-0.25, -0.2) is 0 Å². The van der Waals surface area contributed by atoms with Gasteiger partial charge in [0, 0.05) is 17.6 Å². The van der Waals surface area contributed by atoms with Crippen LogP contribution < -0.4 is 5.73 Å². The molecule has 2 aromatic rings. The molecule has 4 heteroatoms. The van der Waals surface area contributed by atoms with Crippen molar-refractivity contribution >= 4 is 21.6 Å². The van der Waals surface area contributed by atoms with Gasteiger partial charge in [0.15, 0.2) is 0 Å². The van der Waals surface area contributed by atoms with Crippen molar-refractivity contribution in [3.8, 4) is 0 Å². The highest BCUT2D eigenvalue weighted by Crippen LogP contribution is 2.12. The molecular formula is C14H16BrN3. The van der Waals surface area contributed by atoms with Gasteiger partial charge in [0.05, 0.1) is 17.6 Å². The van der Waals surface area contributed by atoms with Gasteiger partial charge in [-0.1, -0.05) is 28.1 Å². The number of halogens is 1. The van der Waals surface area contributed by atoms with Gasteiger partial charge in [-0.15, -0.1) is 0 Å². The average Bonchev–Trinajstić information content (AvgIpc) is 2.35. The number of nitrogen functional groups attached to an aromatic ring is 1. The fraction of sp³-hybridized carbons (Fsp3) is 0.214. The lowest BCUT2D eigenvalue weighted by atomic mass is 10.2. The number of aromatic nitrogens is 1. The summed E-state index contributed by atoms with van der Waals surface area (Å²) in [6.45, 7) is 1.72. The van der Waals surface area contributed by atoms with Gasteiger partial charge in [-0.05, 0) is 36.9 Å². The van der Waals surface area contributed by atoms with Gasteiger partial charge in [-0.2, -0.15) is 0 Å². The highest BCUT2D eigenvalue weighted by atomic mass is 79.9. The summed E-state index contributed by atoms with van der Waals surface area (Å²) in [7, 11) is 2.08. The zero-order valence-electron chi connectivity index (χ0n) is 10.3. The Bertz CT molecular complexity index is 446. The number of nitrogens with two attached hydrogens (primary N) is 1. The van der Waals surface area contributed by atoms with Crippen molar-refractivity contribution in [3.05, 3.63) is 58.3 Å². The second-order valence-electron chi connectivity index (χ2n) is 4.38. The molecule has 1 aromatic heterocycles. The minimum Gasteiger partial charge on any atom is -0.397 e. The fourth-order valence-electron chi connectivity index (χ4n) is 1.76. The molecule has 1 aromatic carbocycles. The number of hydrogen-bond acceptors (Lipinski definition) is 3. The third kappa shape index (κ3) is 3.82. The summed E-state index contributed by atoms with van der Waals surface area (Å²) in [4.78, 5) is 6.52. The van der Waals surface area contributed by atoms with E-state index in [1.807, 2.05) is 12.1 Å². The van der Waals surface area contributed by atoms with E-state index < -0.39 is 0 Å². The van der Waals surface area contributed by atoms with Crippen LogP contribution in [0.3, 0.4) is 0 Å². The molecule has 0 aliphatic rings. The molecule has 0 aliphatic carbocycles. The molecule has 0 radical (unpaired) electrons. The third-order valence-electron chi connectivity index (χ3n) is 2.65. The summed E-state index contributed by atoms with van der Waals surface area (Å²) in [5, 5.41) is 0. The maximum Gasteiger partial charge on any atom is 0.0545 e. The van der Waals surface area contributed by atoms with Crippen molar-refractivity contribution in [1.29, 1.82) is 0 Å². The second-order valence-corrected chi connectivity index (χ2v) is 5.30. The molecule has 0 saturated heterocycles. The first-order valence-electron chi connectivity index (χ1n) is 5.77. The van der Waals surface area contributed by atoms with E-state index in [2.05, 4.69) is 57.1 Å². The molecule has 0 bridgehead atoms. The summed E-state index contributed by atoms with van der Waals surface area (Å²) >= 11 is 3.44. The van der Waals surface area contributed by atoms with Crippen LogP contribution in [0.15, 0.2) is 47.1 Å². The van der Waals surface area contributed by atoms with E-state index in [4.69, 9.17) is 5.73 Å². The van der Waals surface area contributed by atoms with Crippen LogP contribution in [-0.4, -0.2) is 16.9 Å². The Kier molecular flexibility index (Phi) is 4.33. The molecular weight excluding hydrogens is 290 g/mol. The molecule has 94 valence electrons. The predicted molar refractivity (Wildman–Crippen MR) is 78.0 cm³/mol. The highest BCUT2D eigenvalue weighted by Gasteiger charge is 2.02. The minimum atomic E-state index is 0.703. The van der Waals surface area contributed by atoms with Crippen molar-refractivity contribution in [2.24, 2.45) is 0 Å². The Labute approximate surface area is 116 Å². The normalized spacial score (nSPS) is 10.8. The molecule has 0 fully saturated rings. The summed E-state index contributed by atoms with van der Waals surface area (Å²) in [5.74, 6) is 0. The van der Waals surface area contributed by atoms with Crippen LogP contribution in [0.1, 0.15) is 11.3 Å². The van der Waals surface area contributed by atoms with Crippen molar-refractivity contribution in [1.82, 2.24) is 9.88 Å². The van der Waals surface area contributed by atoms with Crippen molar-refractivity contribution < 1.29 is 0 Å². The number of nitrogens with zero attached hydrogens (tertiary/aromatic N) is 2. The SMILES string of the molecule is CN(Cc1ccc(Br)cc1)Cc1ccc(N)cn1. The quantitative estimate of drug-likeness (QED) is 0.944. The molecule has 1 heterocycles. The number of rotatable bonds is 4. The maximum atomic E-state index is 5.61. The fourth-order valence-corrected chi connectivity index (χ4v) is 2.03. The lowest BCUT2D eigenvalue weighted by Crippen LogP contribution is -2.17. The zero-order chi connectivity index (χ0) is 13.0. The Hall–Kier alpha value is -1.39. The smallest absolute Gasteiger partial charge is 0.0545 e. The monoisotopic (exact) mass is 305 g/mol. The Balaban J connectivity index is 1.94. The number of hydrogen-bond donors (Lipinski definition) is 1.